The number of carbonyl (C=O) groups excluding carboxylic acids is 1. The van der Waals surface area contributed by atoms with Crippen molar-refractivity contribution in [2.24, 2.45) is 0 Å². The summed E-state index contributed by atoms with van der Waals surface area (Å²) in [5.74, 6) is 0.412. The molecule has 6 nitrogen and oxygen atoms in total. The zero-order valence-electron chi connectivity index (χ0n) is 16.7. The van der Waals surface area contributed by atoms with Crippen LogP contribution in [0.5, 0.6) is 5.75 Å². The van der Waals surface area contributed by atoms with E-state index in [1.807, 2.05) is 36.6 Å². The Bertz CT molecular complexity index is 1150. The van der Waals surface area contributed by atoms with E-state index in [0.717, 1.165) is 16.3 Å². The minimum absolute atomic E-state index is 0.0354. The van der Waals surface area contributed by atoms with Crippen molar-refractivity contribution < 1.29 is 17.9 Å². The standard InChI is InChI=1S/C22H22N2O4S2/c1-3-30(26,27)21-10-8-18(9-11-21)24-22(25)12-7-17-5-4-6-20(13-17)28-14-19-15-29-16(2)23-19/h4-13,15H,3,14H2,1-2H3,(H,24,25)/b12-7+. The molecule has 0 radical (unpaired) electrons. The van der Waals surface area contributed by atoms with Crippen molar-refractivity contribution >= 4 is 38.8 Å². The Kier molecular flexibility index (Phi) is 7.02. The molecule has 3 rings (SSSR count). The van der Waals surface area contributed by atoms with E-state index in [9.17, 15) is 13.2 Å². The SMILES string of the molecule is CCS(=O)(=O)c1ccc(NC(=O)/C=C/c2cccc(OCc3csc(C)n3)c2)cc1. The van der Waals surface area contributed by atoms with Gasteiger partial charge in [0.05, 0.1) is 21.3 Å². The number of nitrogens with one attached hydrogen (secondary N) is 1. The van der Waals surface area contributed by atoms with Crippen molar-refractivity contribution in [2.45, 2.75) is 25.3 Å². The number of aromatic nitrogens is 1. The quantitative estimate of drug-likeness (QED) is 0.520. The zero-order chi connectivity index (χ0) is 21.6. The Morgan fingerprint density at radius 3 is 2.63 bits per heavy atom. The molecule has 0 aliphatic heterocycles. The van der Waals surface area contributed by atoms with E-state index in [2.05, 4.69) is 10.3 Å². The number of amides is 1. The summed E-state index contributed by atoms with van der Waals surface area (Å²) in [5.41, 5.74) is 2.23. The van der Waals surface area contributed by atoms with Gasteiger partial charge in [0.1, 0.15) is 12.4 Å². The van der Waals surface area contributed by atoms with E-state index in [4.69, 9.17) is 4.74 Å². The summed E-state index contributed by atoms with van der Waals surface area (Å²) in [6, 6.07) is 13.5. The largest absolute Gasteiger partial charge is 0.487 e. The summed E-state index contributed by atoms with van der Waals surface area (Å²) in [4.78, 5) is 16.8. The number of carbonyl (C=O) groups is 1. The lowest BCUT2D eigenvalue weighted by Crippen LogP contribution is -2.08. The molecule has 0 aliphatic rings. The van der Waals surface area contributed by atoms with Gasteiger partial charge < -0.3 is 10.1 Å². The summed E-state index contributed by atoms with van der Waals surface area (Å²) in [5, 5.41) is 5.68. The van der Waals surface area contributed by atoms with Crippen LogP contribution in [0.25, 0.3) is 6.08 Å². The van der Waals surface area contributed by atoms with Gasteiger partial charge in [0.2, 0.25) is 5.91 Å². The molecule has 30 heavy (non-hydrogen) atoms. The molecule has 156 valence electrons. The highest BCUT2D eigenvalue weighted by Crippen LogP contribution is 2.18. The van der Waals surface area contributed by atoms with Crippen LogP contribution < -0.4 is 10.1 Å². The Hall–Kier alpha value is -2.97. The summed E-state index contributed by atoms with van der Waals surface area (Å²) in [7, 11) is -3.26. The van der Waals surface area contributed by atoms with Crippen LogP contribution in [0.15, 0.2) is 64.9 Å². The van der Waals surface area contributed by atoms with Crippen LogP contribution in [-0.4, -0.2) is 25.1 Å². The number of anilines is 1. The highest BCUT2D eigenvalue weighted by atomic mass is 32.2. The van der Waals surface area contributed by atoms with Crippen LogP contribution in [0.1, 0.15) is 23.2 Å². The fourth-order valence-electron chi connectivity index (χ4n) is 2.61. The third-order valence-corrected chi connectivity index (χ3v) is 6.77. The van der Waals surface area contributed by atoms with Gasteiger partial charge in [0.25, 0.3) is 0 Å². The molecule has 1 heterocycles. The van der Waals surface area contributed by atoms with Gasteiger partial charge in [0.15, 0.2) is 9.84 Å². The summed E-state index contributed by atoms with van der Waals surface area (Å²) >= 11 is 1.58. The van der Waals surface area contributed by atoms with Crippen molar-refractivity contribution in [3.05, 3.63) is 76.3 Å². The zero-order valence-corrected chi connectivity index (χ0v) is 18.3. The van der Waals surface area contributed by atoms with E-state index >= 15 is 0 Å². The molecule has 0 aliphatic carbocycles. The van der Waals surface area contributed by atoms with Crippen LogP contribution in [0.3, 0.4) is 0 Å². The van der Waals surface area contributed by atoms with Crippen molar-refractivity contribution in [3.63, 3.8) is 0 Å². The van der Waals surface area contributed by atoms with Gasteiger partial charge in [-0.25, -0.2) is 13.4 Å². The number of nitrogens with zero attached hydrogens (tertiary/aromatic N) is 1. The number of hydrogen-bond donors (Lipinski definition) is 1. The normalized spacial score (nSPS) is 11.5. The minimum Gasteiger partial charge on any atom is -0.487 e. The molecular weight excluding hydrogens is 420 g/mol. The third kappa shape index (κ3) is 6.01. The Morgan fingerprint density at radius 2 is 1.97 bits per heavy atom. The second-order valence-electron chi connectivity index (χ2n) is 6.47. The lowest BCUT2D eigenvalue weighted by Gasteiger charge is -2.06. The number of aryl methyl sites for hydroxylation is 1. The van der Waals surface area contributed by atoms with Gasteiger partial charge in [-0.15, -0.1) is 11.3 Å². The summed E-state index contributed by atoms with van der Waals surface area (Å²) in [6.45, 7) is 3.93. The van der Waals surface area contributed by atoms with E-state index < -0.39 is 9.84 Å². The van der Waals surface area contributed by atoms with E-state index in [1.54, 1.807) is 36.5 Å². The maximum atomic E-state index is 12.2. The minimum atomic E-state index is -3.26. The number of rotatable bonds is 8. The second-order valence-corrected chi connectivity index (χ2v) is 9.81. The van der Waals surface area contributed by atoms with Crippen LogP contribution in [0.4, 0.5) is 5.69 Å². The smallest absolute Gasteiger partial charge is 0.248 e. The highest BCUT2D eigenvalue weighted by Gasteiger charge is 2.11. The first-order valence-electron chi connectivity index (χ1n) is 9.31. The second kappa shape index (κ2) is 9.69. The molecule has 8 heteroatoms. The molecule has 0 fully saturated rings. The Balaban J connectivity index is 1.58. The van der Waals surface area contributed by atoms with Crippen molar-refractivity contribution in [1.82, 2.24) is 4.98 Å². The fourth-order valence-corrected chi connectivity index (χ4v) is 4.09. The number of sulfone groups is 1. The predicted molar refractivity (Wildman–Crippen MR) is 119 cm³/mol. The number of thiazole rings is 1. The lowest BCUT2D eigenvalue weighted by molar-refractivity contribution is -0.111. The topological polar surface area (TPSA) is 85.4 Å². The van der Waals surface area contributed by atoms with Gasteiger partial charge in [-0.2, -0.15) is 0 Å². The van der Waals surface area contributed by atoms with Crippen molar-refractivity contribution in [2.75, 3.05) is 11.1 Å². The molecule has 3 aromatic rings. The predicted octanol–water partition coefficient (Wildman–Crippen LogP) is 4.48. The van der Waals surface area contributed by atoms with Gasteiger partial charge in [-0.1, -0.05) is 19.1 Å². The fraction of sp³-hybridized carbons (Fsp3) is 0.182. The van der Waals surface area contributed by atoms with Crippen LogP contribution in [0.2, 0.25) is 0 Å². The molecular formula is C22H22N2O4S2. The molecule has 1 N–H and O–H groups in total. The lowest BCUT2D eigenvalue weighted by atomic mass is 10.2. The molecule has 0 saturated heterocycles. The Morgan fingerprint density at radius 1 is 1.20 bits per heavy atom. The van der Waals surface area contributed by atoms with Crippen molar-refractivity contribution in [1.29, 1.82) is 0 Å². The molecule has 0 atom stereocenters. The molecule has 0 spiro atoms. The summed E-state index contributed by atoms with van der Waals surface area (Å²) < 4.78 is 29.4. The molecule has 0 saturated carbocycles. The monoisotopic (exact) mass is 442 g/mol. The average Bonchev–Trinajstić information content (AvgIpc) is 3.17. The van der Waals surface area contributed by atoms with E-state index in [0.29, 0.717) is 18.0 Å². The molecule has 2 aromatic carbocycles. The van der Waals surface area contributed by atoms with Crippen molar-refractivity contribution in [3.8, 4) is 5.75 Å². The van der Waals surface area contributed by atoms with E-state index in [1.165, 1.54) is 18.2 Å². The first-order chi connectivity index (χ1) is 14.4. The Labute approximate surface area is 180 Å². The van der Waals surface area contributed by atoms with Crippen LogP contribution in [0, 0.1) is 6.92 Å². The first kappa shape index (κ1) is 21.7. The maximum absolute atomic E-state index is 12.2. The first-order valence-corrected chi connectivity index (χ1v) is 11.8. The van der Waals surface area contributed by atoms with Gasteiger partial charge in [-0.05, 0) is 55.0 Å². The van der Waals surface area contributed by atoms with Crippen LogP contribution >= 0.6 is 11.3 Å². The average molecular weight is 443 g/mol. The number of benzene rings is 2. The maximum Gasteiger partial charge on any atom is 0.248 e. The van der Waals surface area contributed by atoms with Gasteiger partial charge in [-0.3, -0.25) is 4.79 Å². The van der Waals surface area contributed by atoms with Gasteiger partial charge in [0, 0.05) is 17.1 Å². The third-order valence-electron chi connectivity index (χ3n) is 4.20. The number of ether oxygens (including phenoxy) is 1. The molecule has 0 unspecified atom stereocenters. The van der Waals surface area contributed by atoms with E-state index in [-0.39, 0.29) is 16.6 Å². The highest BCUT2D eigenvalue weighted by molar-refractivity contribution is 7.91. The summed E-state index contributed by atoms with van der Waals surface area (Å²) in [6.07, 6.45) is 3.10. The number of hydrogen-bond acceptors (Lipinski definition) is 6. The van der Waals surface area contributed by atoms with Crippen LogP contribution in [-0.2, 0) is 21.2 Å². The van der Waals surface area contributed by atoms with Gasteiger partial charge >= 0.3 is 0 Å². The molecule has 1 aromatic heterocycles. The molecule has 0 bridgehead atoms. The molecule has 1 amide bonds.